The molecule has 0 heterocycles. The third kappa shape index (κ3) is 6.29. The minimum Gasteiger partial charge on any atom is -0.380 e. The molecule has 0 aromatic rings. The largest absolute Gasteiger partial charge is 0.380 e. The van der Waals surface area contributed by atoms with Crippen molar-refractivity contribution in [2.45, 2.75) is 58.1 Å². The molecule has 2 nitrogen and oxygen atoms in total. The summed E-state index contributed by atoms with van der Waals surface area (Å²) in [6.45, 7) is 8.18. The van der Waals surface area contributed by atoms with Gasteiger partial charge in [0.15, 0.2) is 0 Å². The fourth-order valence-corrected chi connectivity index (χ4v) is 2.20. The van der Waals surface area contributed by atoms with Gasteiger partial charge in [0.05, 0.1) is 6.10 Å². The number of nitrogens with one attached hydrogen (secondary N) is 1. The van der Waals surface area contributed by atoms with E-state index >= 15 is 0 Å². The van der Waals surface area contributed by atoms with Crippen LogP contribution < -0.4 is 5.32 Å². The van der Waals surface area contributed by atoms with Crippen LogP contribution in [0.25, 0.3) is 0 Å². The molecule has 0 fully saturated rings. The molecule has 2 atom stereocenters. The predicted molar refractivity (Wildman–Crippen MR) is 71.8 cm³/mol. The van der Waals surface area contributed by atoms with Crippen LogP contribution in [0.5, 0.6) is 0 Å². The van der Waals surface area contributed by atoms with Gasteiger partial charge in [-0.1, -0.05) is 32.8 Å². The topological polar surface area (TPSA) is 21.3 Å². The standard InChI is InChI=1S/C14H29NO/c1-6-7-8-9-10-11-13(15-4)14(16-5)12(2)3/h6,12-15H,1,7-11H2,2-5H3. The third-order valence-electron chi connectivity index (χ3n) is 3.12. The Hall–Kier alpha value is -0.340. The van der Waals surface area contributed by atoms with Crippen molar-refractivity contribution in [3.63, 3.8) is 0 Å². The maximum atomic E-state index is 5.56. The van der Waals surface area contributed by atoms with E-state index in [2.05, 4.69) is 25.7 Å². The maximum Gasteiger partial charge on any atom is 0.0746 e. The quantitative estimate of drug-likeness (QED) is 0.456. The monoisotopic (exact) mass is 227 g/mol. The molecular weight excluding hydrogens is 198 g/mol. The van der Waals surface area contributed by atoms with Crippen molar-refractivity contribution in [1.29, 1.82) is 0 Å². The molecule has 0 aliphatic rings. The Balaban J connectivity index is 3.84. The highest BCUT2D eigenvalue weighted by molar-refractivity contribution is 4.78. The van der Waals surface area contributed by atoms with Crippen molar-refractivity contribution in [3.05, 3.63) is 12.7 Å². The van der Waals surface area contributed by atoms with Gasteiger partial charge in [0.25, 0.3) is 0 Å². The van der Waals surface area contributed by atoms with Gasteiger partial charge in [-0.05, 0) is 32.2 Å². The van der Waals surface area contributed by atoms with Crippen LogP contribution in [0, 0.1) is 5.92 Å². The van der Waals surface area contributed by atoms with E-state index in [1.54, 1.807) is 0 Å². The van der Waals surface area contributed by atoms with Gasteiger partial charge in [-0.15, -0.1) is 6.58 Å². The smallest absolute Gasteiger partial charge is 0.0746 e. The summed E-state index contributed by atoms with van der Waals surface area (Å²) in [5, 5.41) is 3.38. The van der Waals surface area contributed by atoms with Crippen LogP contribution in [0.15, 0.2) is 12.7 Å². The molecule has 0 aliphatic heterocycles. The van der Waals surface area contributed by atoms with Gasteiger partial charge < -0.3 is 10.1 Å². The number of methoxy groups -OCH3 is 1. The Morgan fingerprint density at radius 3 is 2.38 bits per heavy atom. The summed E-state index contributed by atoms with van der Waals surface area (Å²) in [4.78, 5) is 0. The van der Waals surface area contributed by atoms with Crippen LogP contribution >= 0.6 is 0 Å². The maximum absolute atomic E-state index is 5.56. The van der Waals surface area contributed by atoms with E-state index in [1.807, 2.05) is 20.2 Å². The predicted octanol–water partition coefficient (Wildman–Crippen LogP) is 3.38. The lowest BCUT2D eigenvalue weighted by Gasteiger charge is -2.28. The molecule has 16 heavy (non-hydrogen) atoms. The average Bonchev–Trinajstić information content (AvgIpc) is 2.26. The van der Waals surface area contributed by atoms with E-state index in [0.717, 1.165) is 6.42 Å². The summed E-state index contributed by atoms with van der Waals surface area (Å²) < 4.78 is 5.56. The second-order valence-electron chi connectivity index (χ2n) is 4.77. The normalized spacial score (nSPS) is 15.1. The van der Waals surface area contributed by atoms with E-state index < -0.39 is 0 Å². The first-order valence-electron chi connectivity index (χ1n) is 6.48. The van der Waals surface area contributed by atoms with Gasteiger partial charge in [-0.25, -0.2) is 0 Å². The summed E-state index contributed by atoms with van der Waals surface area (Å²) >= 11 is 0. The molecule has 0 amide bonds. The number of hydrogen-bond donors (Lipinski definition) is 1. The number of likely N-dealkylation sites (N-methyl/N-ethyl adjacent to an activating group) is 1. The van der Waals surface area contributed by atoms with Crippen LogP contribution in [0.4, 0.5) is 0 Å². The summed E-state index contributed by atoms with van der Waals surface area (Å²) in [6.07, 6.45) is 8.49. The van der Waals surface area contributed by atoms with Crippen molar-refractivity contribution in [3.8, 4) is 0 Å². The highest BCUT2D eigenvalue weighted by Gasteiger charge is 2.22. The van der Waals surface area contributed by atoms with E-state index in [9.17, 15) is 0 Å². The Morgan fingerprint density at radius 2 is 1.94 bits per heavy atom. The van der Waals surface area contributed by atoms with E-state index in [0.29, 0.717) is 18.1 Å². The summed E-state index contributed by atoms with van der Waals surface area (Å²) in [6, 6.07) is 0.480. The first-order valence-corrected chi connectivity index (χ1v) is 6.48. The van der Waals surface area contributed by atoms with Gasteiger partial charge in [0.2, 0.25) is 0 Å². The first kappa shape index (κ1) is 15.7. The number of unbranched alkanes of at least 4 members (excludes halogenated alkanes) is 3. The number of ether oxygens (including phenoxy) is 1. The molecule has 0 aromatic carbocycles. The molecule has 2 heteroatoms. The molecule has 0 radical (unpaired) electrons. The lowest BCUT2D eigenvalue weighted by Crippen LogP contribution is -2.41. The molecule has 0 spiro atoms. The fraction of sp³-hybridized carbons (Fsp3) is 0.857. The molecular formula is C14H29NO. The lowest BCUT2D eigenvalue weighted by atomic mass is 9.95. The number of hydrogen-bond acceptors (Lipinski definition) is 2. The summed E-state index contributed by atoms with van der Waals surface area (Å²) in [5.74, 6) is 0.565. The van der Waals surface area contributed by atoms with Crippen LogP contribution in [0.1, 0.15) is 46.0 Å². The van der Waals surface area contributed by atoms with Crippen LogP contribution in [-0.2, 0) is 4.74 Å². The van der Waals surface area contributed by atoms with E-state index in [-0.39, 0.29) is 0 Å². The molecule has 0 saturated heterocycles. The molecule has 0 aromatic heterocycles. The van der Waals surface area contributed by atoms with Gasteiger partial charge in [-0.2, -0.15) is 0 Å². The first-order chi connectivity index (χ1) is 7.67. The van der Waals surface area contributed by atoms with Gasteiger partial charge in [0, 0.05) is 13.2 Å². The number of allylic oxidation sites excluding steroid dienone is 1. The Morgan fingerprint density at radius 1 is 1.25 bits per heavy atom. The van der Waals surface area contributed by atoms with Crippen molar-refractivity contribution in [1.82, 2.24) is 5.32 Å². The fourth-order valence-electron chi connectivity index (χ4n) is 2.20. The zero-order chi connectivity index (χ0) is 12.4. The highest BCUT2D eigenvalue weighted by atomic mass is 16.5. The number of rotatable bonds is 10. The highest BCUT2D eigenvalue weighted by Crippen LogP contribution is 2.16. The molecule has 0 bridgehead atoms. The van der Waals surface area contributed by atoms with Crippen molar-refractivity contribution in [2.75, 3.05) is 14.2 Å². The second kappa shape index (κ2) is 9.86. The molecule has 0 aliphatic carbocycles. The van der Waals surface area contributed by atoms with E-state index in [1.165, 1.54) is 25.7 Å². The Bertz CT molecular complexity index is 168. The Kier molecular flexibility index (Phi) is 9.65. The molecule has 1 N–H and O–H groups in total. The Labute approximate surface area is 101 Å². The van der Waals surface area contributed by atoms with Crippen molar-refractivity contribution >= 4 is 0 Å². The molecule has 0 saturated carbocycles. The van der Waals surface area contributed by atoms with Crippen LogP contribution in [-0.4, -0.2) is 26.3 Å². The second-order valence-corrected chi connectivity index (χ2v) is 4.77. The third-order valence-corrected chi connectivity index (χ3v) is 3.12. The molecule has 0 rings (SSSR count). The zero-order valence-electron chi connectivity index (χ0n) is 11.5. The van der Waals surface area contributed by atoms with E-state index in [4.69, 9.17) is 4.74 Å². The average molecular weight is 227 g/mol. The van der Waals surface area contributed by atoms with Crippen molar-refractivity contribution in [2.24, 2.45) is 5.92 Å². The van der Waals surface area contributed by atoms with Crippen LogP contribution in [0.3, 0.4) is 0 Å². The summed E-state index contributed by atoms with van der Waals surface area (Å²) in [5.41, 5.74) is 0. The molecule has 2 unspecified atom stereocenters. The SMILES string of the molecule is C=CCCCCCC(NC)C(OC)C(C)C. The summed E-state index contributed by atoms with van der Waals surface area (Å²) in [7, 11) is 3.84. The minimum absolute atomic E-state index is 0.324. The lowest BCUT2D eigenvalue weighted by molar-refractivity contribution is 0.0322. The molecule has 96 valence electrons. The zero-order valence-corrected chi connectivity index (χ0v) is 11.5. The minimum atomic E-state index is 0.324. The van der Waals surface area contributed by atoms with Gasteiger partial charge in [0.1, 0.15) is 0 Å². The van der Waals surface area contributed by atoms with Gasteiger partial charge >= 0.3 is 0 Å². The van der Waals surface area contributed by atoms with Gasteiger partial charge in [-0.3, -0.25) is 0 Å². The van der Waals surface area contributed by atoms with Crippen LogP contribution in [0.2, 0.25) is 0 Å². The van der Waals surface area contributed by atoms with Crippen molar-refractivity contribution < 1.29 is 4.74 Å².